The Balaban J connectivity index is 1.86. The Kier molecular flexibility index (Phi) is 3.82. The van der Waals surface area contributed by atoms with Gasteiger partial charge in [-0.1, -0.05) is 12.8 Å². The average Bonchev–Trinajstić information content (AvgIpc) is 3.10. The summed E-state index contributed by atoms with van der Waals surface area (Å²) in [6.07, 6.45) is 8.94. The van der Waals surface area contributed by atoms with Gasteiger partial charge >= 0.3 is 0 Å². The van der Waals surface area contributed by atoms with Crippen LogP contribution in [0.3, 0.4) is 0 Å². The molecule has 1 saturated carbocycles. The quantitative estimate of drug-likeness (QED) is 0.935. The molecular weight excluding hydrogens is 264 g/mol. The maximum absolute atomic E-state index is 5.86. The van der Waals surface area contributed by atoms with Crippen molar-refractivity contribution in [2.45, 2.75) is 51.7 Å². The highest BCUT2D eigenvalue weighted by atomic mass is 16.5. The number of nitrogens with zero attached hydrogens (tertiary/aromatic N) is 3. The van der Waals surface area contributed by atoms with Crippen LogP contribution in [0.2, 0.25) is 0 Å². The van der Waals surface area contributed by atoms with Crippen molar-refractivity contribution in [2.24, 2.45) is 0 Å². The fraction of sp³-hybridized carbons (Fsp3) is 0.500. The van der Waals surface area contributed by atoms with Crippen LogP contribution in [0.1, 0.15) is 45.6 Å². The Labute approximate surface area is 125 Å². The van der Waals surface area contributed by atoms with Crippen molar-refractivity contribution in [1.29, 1.82) is 0 Å². The molecule has 0 bridgehead atoms. The van der Waals surface area contributed by atoms with E-state index in [0.29, 0.717) is 17.6 Å². The van der Waals surface area contributed by atoms with Crippen LogP contribution in [-0.2, 0) is 0 Å². The van der Waals surface area contributed by atoms with Gasteiger partial charge in [0.05, 0.1) is 17.8 Å². The van der Waals surface area contributed by atoms with E-state index in [-0.39, 0.29) is 6.10 Å². The zero-order chi connectivity index (χ0) is 14.8. The number of nitrogen functional groups attached to an aromatic ring is 1. The molecule has 3 rings (SSSR count). The van der Waals surface area contributed by atoms with E-state index in [4.69, 9.17) is 15.6 Å². The first-order chi connectivity index (χ1) is 10.1. The number of anilines is 1. The molecule has 0 aliphatic heterocycles. The van der Waals surface area contributed by atoms with E-state index >= 15 is 0 Å². The van der Waals surface area contributed by atoms with Gasteiger partial charge < -0.3 is 10.5 Å². The summed E-state index contributed by atoms with van der Waals surface area (Å²) in [6.45, 7) is 3.95. The summed E-state index contributed by atoms with van der Waals surface area (Å²) in [6, 6.07) is 4.50. The first-order valence-corrected chi connectivity index (χ1v) is 7.61. The highest BCUT2D eigenvalue weighted by Crippen LogP contribution is 2.31. The lowest BCUT2D eigenvalue weighted by Gasteiger charge is -2.12. The summed E-state index contributed by atoms with van der Waals surface area (Å²) in [7, 11) is 0. The third-order valence-electron chi connectivity index (χ3n) is 3.85. The third-order valence-corrected chi connectivity index (χ3v) is 3.85. The van der Waals surface area contributed by atoms with Gasteiger partial charge in [0.25, 0.3) is 0 Å². The number of aromatic nitrogens is 3. The van der Waals surface area contributed by atoms with Crippen LogP contribution in [0.15, 0.2) is 24.5 Å². The Morgan fingerprint density at radius 2 is 2.10 bits per heavy atom. The SMILES string of the molecule is CC(C)Oc1cc(-c2ccn(C3CCCC3)n2)cnc1N. The average molecular weight is 286 g/mol. The molecule has 2 heterocycles. The van der Waals surface area contributed by atoms with Crippen LogP contribution < -0.4 is 10.5 Å². The first kappa shape index (κ1) is 13.9. The van der Waals surface area contributed by atoms with Crippen LogP contribution >= 0.6 is 0 Å². The Morgan fingerprint density at radius 1 is 1.33 bits per heavy atom. The van der Waals surface area contributed by atoms with E-state index < -0.39 is 0 Å². The van der Waals surface area contributed by atoms with Crippen molar-refractivity contribution in [2.75, 3.05) is 5.73 Å². The van der Waals surface area contributed by atoms with Gasteiger partial charge in [0, 0.05) is 18.0 Å². The number of ether oxygens (including phenoxy) is 1. The summed E-state index contributed by atoms with van der Waals surface area (Å²) in [5.41, 5.74) is 7.72. The summed E-state index contributed by atoms with van der Waals surface area (Å²) in [5, 5.41) is 4.69. The van der Waals surface area contributed by atoms with E-state index in [1.807, 2.05) is 26.0 Å². The molecule has 0 amide bonds. The van der Waals surface area contributed by atoms with Crippen LogP contribution in [0.25, 0.3) is 11.3 Å². The van der Waals surface area contributed by atoms with Crippen molar-refractivity contribution >= 4 is 5.82 Å². The lowest BCUT2D eigenvalue weighted by molar-refractivity contribution is 0.243. The minimum absolute atomic E-state index is 0.0698. The minimum atomic E-state index is 0.0698. The molecule has 0 spiro atoms. The van der Waals surface area contributed by atoms with Gasteiger partial charge in [-0.15, -0.1) is 0 Å². The van der Waals surface area contributed by atoms with Crippen molar-refractivity contribution in [3.05, 3.63) is 24.5 Å². The largest absolute Gasteiger partial charge is 0.487 e. The lowest BCUT2D eigenvalue weighted by atomic mass is 10.2. The van der Waals surface area contributed by atoms with Crippen LogP contribution in [0.4, 0.5) is 5.82 Å². The van der Waals surface area contributed by atoms with Gasteiger partial charge in [-0.2, -0.15) is 5.10 Å². The molecule has 21 heavy (non-hydrogen) atoms. The van der Waals surface area contributed by atoms with Crippen molar-refractivity contribution in [1.82, 2.24) is 14.8 Å². The number of hydrogen-bond donors (Lipinski definition) is 1. The summed E-state index contributed by atoms with van der Waals surface area (Å²) < 4.78 is 7.78. The van der Waals surface area contributed by atoms with Crippen molar-refractivity contribution < 1.29 is 4.74 Å². The fourth-order valence-corrected chi connectivity index (χ4v) is 2.81. The zero-order valence-electron chi connectivity index (χ0n) is 12.6. The predicted molar refractivity (Wildman–Crippen MR) is 83.1 cm³/mol. The second-order valence-electron chi connectivity index (χ2n) is 5.89. The number of pyridine rings is 1. The van der Waals surface area contributed by atoms with Crippen molar-refractivity contribution in [3.8, 4) is 17.0 Å². The van der Waals surface area contributed by atoms with Gasteiger partial charge in [0.15, 0.2) is 11.6 Å². The summed E-state index contributed by atoms with van der Waals surface area (Å²) >= 11 is 0. The smallest absolute Gasteiger partial charge is 0.166 e. The van der Waals surface area contributed by atoms with Gasteiger partial charge in [-0.05, 0) is 38.8 Å². The summed E-state index contributed by atoms with van der Waals surface area (Å²) in [5.74, 6) is 1.04. The van der Waals surface area contributed by atoms with E-state index in [2.05, 4.69) is 15.9 Å². The molecular formula is C16H22N4O. The Hall–Kier alpha value is -2.04. The van der Waals surface area contributed by atoms with Gasteiger partial charge in [0.2, 0.25) is 0 Å². The lowest BCUT2D eigenvalue weighted by Crippen LogP contribution is -2.08. The molecule has 2 N–H and O–H groups in total. The van der Waals surface area contributed by atoms with E-state index in [0.717, 1.165) is 11.3 Å². The molecule has 0 unspecified atom stereocenters. The molecule has 5 nitrogen and oxygen atoms in total. The van der Waals surface area contributed by atoms with E-state index in [1.165, 1.54) is 25.7 Å². The molecule has 0 saturated heterocycles. The first-order valence-electron chi connectivity index (χ1n) is 7.61. The van der Waals surface area contributed by atoms with Gasteiger partial charge in [-0.25, -0.2) is 4.98 Å². The normalized spacial score (nSPS) is 15.8. The monoisotopic (exact) mass is 286 g/mol. The number of rotatable bonds is 4. The van der Waals surface area contributed by atoms with Crippen LogP contribution in [0.5, 0.6) is 5.75 Å². The van der Waals surface area contributed by atoms with Crippen molar-refractivity contribution in [3.63, 3.8) is 0 Å². The number of nitrogens with two attached hydrogens (primary N) is 1. The molecule has 5 heteroatoms. The zero-order valence-corrected chi connectivity index (χ0v) is 12.6. The van der Waals surface area contributed by atoms with Gasteiger partial charge in [-0.3, -0.25) is 4.68 Å². The van der Waals surface area contributed by atoms with E-state index in [1.54, 1.807) is 6.20 Å². The molecule has 1 aliphatic carbocycles. The molecule has 0 atom stereocenters. The van der Waals surface area contributed by atoms with Gasteiger partial charge in [0.1, 0.15) is 0 Å². The maximum Gasteiger partial charge on any atom is 0.166 e. The van der Waals surface area contributed by atoms with E-state index in [9.17, 15) is 0 Å². The Bertz CT molecular complexity index is 614. The maximum atomic E-state index is 5.86. The third kappa shape index (κ3) is 3.01. The highest BCUT2D eigenvalue weighted by Gasteiger charge is 2.18. The standard InChI is InChI=1S/C16H22N4O/c1-11(2)21-15-9-12(10-18-16(15)17)14-7-8-20(19-14)13-5-3-4-6-13/h7-11,13H,3-6H2,1-2H3,(H2,17,18). The second-order valence-corrected chi connectivity index (χ2v) is 5.89. The Morgan fingerprint density at radius 3 is 2.81 bits per heavy atom. The molecule has 2 aromatic heterocycles. The molecule has 1 aliphatic rings. The topological polar surface area (TPSA) is 66.0 Å². The molecule has 0 aromatic carbocycles. The molecule has 0 radical (unpaired) electrons. The van der Waals surface area contributed by atoms with Crippen LogP contribution in [-0.4, -0.2) is 20.9 Å². The predicted octanol–water partition coefficient (Wildman–Crippen LogP) is 3.43. The van der Waals surface area contributed by atoms with Crippen LogP contribution in [0, 0.1) is 0 Å². The minimum Gasteiger partial charge on any atom is -0.487 e. The molecule has 112 valence electrons. The summed E-state index contributed by atoms with van der Waals surface area (Å²) in [4.78, 5) is 4.22. The molecule has 1 fully saturated rings. The molecule has 2 aromatic rings. The highest BCUT2D eigenvalue weighted by molar-refractivity contribution is 5.63. The second kappa shape index (κ2) is 5.76. The fourth-order valence-electron chi connectivity index (χ4n) is 2.81. The number of hydrogen-bond acceptors (Lipinski definition) is 4.